The molecule has 8 nitrogen and oxygen atoms in total. The predicted octanol–water partition coefficient (Wildman–Crippen LogP) is 1.59. The maximum Gasteiger partial charge on any atom is 0.330 e. The van der Waals surface area contributed by atoms with Gasteiger partial charge in [-0.3, -0.25) is 0 Å². The summed E-state index contributed by atoms with van der Waals surface area (Å²) < 4.78 is 20.7. The number of ether oxygens (including phenoxy) is 4. The Morgan fingerprint density at radius 3 is 2.00 bits per heavy atom. The summed E-state index contributed by atoms with van der Waals surface area (Å²) in [6.45, 7) is 9.66. The number of aliphatic carboxylic acids is 1. The average Bonchev–Trinajstić information content (AvgIpc) is 2.60. The van der Waals surface area contributed by atoms with E-state index in [4.69, 9.17) is 29.2 Å². The number of carboxylic acid groups (broad SMARTS) is 1. The minimum atomic E-state index is -0.935. The van der Waals surface area contributed by atoms with E-state index in [-0.39, 0.29) is 18.8 Å². The van der Waals surface area contributed by atoms with Crippen molar-refractivity contribution in [3.05, 3.63) is 12.2 Å². The standard InChI is InChI=1S/C14H30O6.C4H6O2/c1-2-3-4-5-7-20-14(16)13-19-12-11-18-10-9-17-8-6-15;1-3(2)4(5)6/h14-16H,2-13H2,1H3;1H2,2H3,(H,5,6). The Morgan fingerprint density at radius 2 is 1.50 bits per heavy atom. The smallest absolute Gasteiger partial charge is 0.330 e. The molecule has 0 radical (unpaired) electrons. The molecular formula is C18H36O8. The van der Waals surface area contributed by atoms with Crippen LogP contribution in [0.1, 0.15) is 39.5 Å². The molecular weight excluding hydrogens is 344 g/mol. The van der Waals surface area contributed by atoms with Crippen molar-refractivity contribution in [1.82, 2.24) is 0 Å². The van der Waals surface area contributed by atoms with Gasteiger partial charge in [0.2, 0.25) is 0 Å². The van der Waals surface area contributed by atoms with Gasteiger partial charge < -0.3 is 34.3 Å². The fraction of sp³-hybridized carbons (Fsp3) is 0.833. The zero-order valence-corrected chi connectivity index (χ0v) is 16.2. The molecule has 0 rings (SSSR count). The van der Waals surface area contributed by atoms with Gasteiger partial charge in [-0.05, 0) is 13.3 Å². The van der Waals surface area contributed by atoms with Gasteiger partial charge in [0, 0.05) is 12.2 Å². The maximum atomic E-state index is 9.60. The van der Waals surface area contributed by atoms with Gasteiger partial charge in [-0.2, -0.15) is 0 Å². The Bertz CT molecular complexity index is 310. The van der Waals surface area contributed by atoms with E-state index in [9.17, 15) is 9.90 Å². The van der Waals surface area contributed by atoms with Crippen LogP contribution in [0.4, 0.5) is 0 Å². The number of hydrogen-bond acceptors (Lipinski definition) is 7. The van der Waals surface area contributed by atoms with Crippen LogP contribution in [0, 0.1) is 0 Å². The molecule has 0 aliphatic rings. The molecule has 0 spiro atoms. The SMILES string of the molecule is C=C(C)C(=O)O.CCCCCCOC(O)COCCOCCOCCO. The molecule has 8 heteroatoms. The van der Waals surface area contributed by atoms with E-state index in [1.807, 2.05) is 0 Å². The first-order valence-electron chi connectivity index (χ1n) is 8.98. The Morgan fingerprint density at radius 1 is 0.962 bits per heavy atom. The van der Waals surface area contributed by atoms with Gasteiger partial charge in [0.05, 0.1) is 46.2 Å². The molecule has 1 unspecified atom stereocenters. The molecule has 0 heterocycles. The highest BCUT2D eigenvalue weighted by molar-refractivity contribution is 5.84. The molecule has 3 N–H and O–H groups in total. The second kappa shape index (κ2) is 22.0. The molecule has 0 aromatic carbocycles. The second-order valence-electron chi connectivity index (χ2n) is 5.49. The Labute approximate surface area is 156 Å². The summed E-state index contributed by atoms with van der Waals surface area (Å²) in [6, 6.07) is 0. The van der Waals surface area contributed by atoms with Crippen LogP contribution in [0.2, 0.25) is 0 Å². The zero-order valence-electron chi connectivity index (χ0n) is 16.2. The van der Waals surface area contributed by atoms with Crippen molar-refractivity contribution in [1.29, 1.82) is 0 Å². The molecule has 0 fully saturated rings. The number of aliphatic hydroxyl groups is 2. The highest BCUT2D eigenvalue weighted by Crippen LogP contribution is 2.00. The lowest BCUT2D eigenvalue weighted by Crippen LogP contribution is -2.21. The van der Waals surface area contributed by atoms with Gasteiger partial charge in [0.15, 0.2) is 6.29 Å². The third kappa shape index (κ3) is 25.2. The highest BCUT2D eigenvalue weighted by Gasteiger charge is 2.03. The monoisotopic (exact) mass is 380 g/mol. The number of unbranched alkanes of at least 4 members (excludes halogenated alkanes) is 3. The lowest BCUT2D eigenvalue weighted by Gasteiger charge is -2.12. The van der Waals surface area contributed by atoms with Gasteiger partial charge in [0.25, 0.3) is 0 Å². The number of hydrogen-bond donors (Lipinski definition) is 3. The Hall–Kier alpha value is -1.03. The van der Waals surface area contributed by atoms with Gasteiger partial charge in [-0.15, -0.1) is 0 Å². The predicted molar refractivity (Wildman–Crippen MR) is 98.1 cm³/mol. The molecule has 0 saturated heterocycles. The summed E-state index contributed by atoms with van der Waals surface area (Å²) in [7, 11) is 0. The third-order valence-electron chi connectivity index (χ3n) is 2.91. The lowest BCUT2D eigenvalue weighted by atomic mass is 10.2. The van der Waals surface area contributed by atoms with Crippen molar-refractivity contribution < 1.29 is 39.1 Å². The number of aliphatic hydroxyl groups excluding tert-OH is 2. The minimum absolute atomic E-state index is 0.0272. The summed E-state index contributed by atoms with van der Waals surface area (Å²) >= 11 is 0. The van der Waals surface area contributed by atoms with Crippen molar-refractivity contribution in [2.24, 2.45) is 0 Å². The van der Waals surface area contributed by atoms with E-state index < -0.39 is 12.3 Å². The first kappa shape index (κ1) is 27.2. The number of rotatable bonds is 17. The summed E-state index contributed by atoms with van der Waals surface area (Å²) in [6.07, 6.45) is 3.65. The van der Waals surface area contributed by atoms with E-state index in [0.717, 1.165) is 12.8 Å². The van der Waals surface area contributed by atoms with Crippen LogP contribution >= 0.6 is 0 Å². The number of carbonyl (C=O) groups is 1. The van der Waals surface area contributed by atoms with Gasteiger partial charge >= 0.3 is 5.97 Å². The van der Waals surface area contributed by atoms with Crippen LogP contribution in [-0.2, 0) is 23.7 Å². The Balaban J connectivity index is 0. The van der Waals surface area contributed by atoms with Crippen molar-refractivity contribution in [3.8, 4) is 0 Å². The summed E-state index contributed by atoms with van der Waals surface area (Å²) in [5, 5.41) is 25.8. The van der Waals surface area contributed by atoms with Gasteiger partial charge in [-0.1, -0.05) is 32.8 Å². The average molecular weight is 380 g/mol. The maximum absolute atomic E-state index is 9.60. The zero-order chi connectivity index (χ0) is 20.0. The molecule has 156 valence electrons. The van der Waals surface area contributed by atoms with Gasteiger partial charge in [-0.25, -0.2) is 4.79 Å². The lowest BCUT2D eigenvalue weighted by molar-refractivity contribution is -0.141. The van der Waals surface area contributed by atoms with E-state index in [2.05, 4.69) is 13.5 Å². The Kier molecular flexibility index (Phi) is 23.0. The molecule has 0 aromatic rings. The van der Waals surface area contributed by atoms with E-state index in [0.29, 0.717) is 39.6 Å². The molecule has 0 aliphatic carbocycles. The molecule has 0 saturated carbocycles. The topological polar surface area (TPSA) is 115 Å². The van der Waals surface area contributed by atoms with Crippen molar-refractivity contribution in [2.45, 2.75) is 45.8 Å². The van der Waals surface area contributed by atoms with Crippen molar-refractivity contribution in [3.63, 3.8) is 0 Å². The third-order valence-corrected chi connectivity index (χ3v) is 2.91. The van der Waals surface area contributed by atoms with Crippen LogP contribution in [0.3, 0.4) is 0 Å². The van der Waals surface area contributed by atoms with Crippen LogP contribution in [0.5, 0.6) is 0 Å². The van der Waals surface area contributed by atoms with E-state index in [1.165, 1.54) is 19.8 Å². The first-order valence-corrected chi connectivity index (χ1v) is 8.98. The largest absolute Gasteiger partial charge is 0.478 e. The molecule has 0 bridgehead atoms. The summed E-state index contributed by atoms with van der Waals surface area (Å²) in [5.41, 5.74) is 0.176. The van der Waals surface area contributed by atoms with Crippen molar-refractivity contribution in [2.75, 3.05) is 52.9 Å². The summed E-state index contributed by atoms with van der Waals surface area (Å²) in [4.78, 5) is 9.60. The van der Waals surface area contributed by atoms with Crippen LogP contribution in [0.15, 0.2) is 12.2 Å². The number of carboxylic acids is 1. The van der Waals surface area contributed by atoms with Crippen LogP contribution in [0.25, 0.3) is 0 Å². The van der Waals surface area contributed by atoms with Crippen LogP contribution in [-0.4, -0.2) is 80.4 Å². The molecule has 1 atom stereocenters. The molecule has 0 amide bonds. The first-order chi connectivity index (χ1) is 12.5. The molecule has 0 aliphatic heterocycles. The highest BCUT2D eigenvalue weighted by atomic mass is 16.6. The van der Waals surface area contributed by atoms with Crippen molar-refractivity contribution >= 4 is 5.97 Å². The molecule has 26 heavy (non-hydrogen) atoms. The van der Waals surface area contributed by atoms with Crippen LogP contribution < -0.4 is 0 Å². The molecule has 0 aromatic heterocycles. The van der Waals surface area contributed by atoms with Gasteiger partial charge in [0.1, 0.15) is 0 Å². The minimum Gasteiger partial charge on any atom is -0.478 e. The normalized spacial score (nSPS) is 11.5. The quantitative estimate of drug-likeness (QED) is 0.198. The fourth-order valence-corrected chi connectivity index (χ4v) is 1.48. The van der Waals surface area contributed by atoms with E-state index in [1.54, 1.807) is 0 Å². The second-order valence-corrected chi connectivity index (χ2v) is 5.49. The summed E-state index contributed by atoms with van der Waals surface area (Å²) in [5.74, 6) is -0.935. The fourth-order valence-electron chi connectivity index (χ4n) is 1.48. The van der Waals surface area contributed by atoms with E-state index >= 15 is 0 Å².